The van der Waals surface area contributed by atoms with Crippen LogP contribution in [-0.2, 0) is 17.8 Å². The van der Waals surface area contributed by atoms with Gasteiger partial charge in [0, 0.05) is 59.2 Å². The lowest BCUT2D eigenvalue weighted by atomic mass is 10.1. The number of imide groups is 1. The van der Waals surface area contributed by atoms with Crippen molar-refractivity contribution in [1.29, 1.82) is 0 Å². The summed E-state index contributed by atoms with van der Waals surface area (Å²) in [6, 6.07) is 6.05. The van der Waals surface area contributed by atoms with E-state index in [0.717, 1.165) is 51.5 Å². The van der Waals surface area contributed by atoms with Crippen molar-refractivity contribution >= 4 is 11.9 Å². The van der Waals surface area contributed by atoms with Crippen molar-refractivity contribution in [2.24, 2.45) is 0 Å². The van der Waals surface area contributed by atoms with Crippen molar-refractivity contribution in [3.63, 3.8) is 0 Å². The number of hydrogen-bond acceptors (Lipinski definition) is 5. The second-order valence-electron chi connectivity index (χ2n) is 6.54. The molecular weight excluding hydrogens is 320 g/mol. The van der Waals surface area contributed by atoms with Gasteiger partial charge in [-0.1, -0.05) is 12.1 Å². The van der Waals surface area contributed by atoms with Gasteiger partial charge in [0.05, 0.1) is 6.61 Å². The van der Waals surface area contributed by atoms with Gasteiger partial charge in [0.2, 0.25) is 5.91 Å². The van der Waals surface area contributed by atoms with Gasteiger partial charge in [-0.25, -0.2) is 4.79 Å². The maximum absolute atomic E-state index is 11.6. The number of rotatable bonds is 5. The van der Waals surface area contributed by atoms with E-state index in [1.54, 1.807) is 0 Å². The van der Waals surface area contributed by atoms with Gasteiger partial charge in [0.25, 0.3) is 0 Å². The average Bonchev–Trinajstić information content (AvgIpc) is 3.09. The molecule has 0 aliphatic carbocycles. The molecule has 0 saturated carbocycles. The fourth-order valence-corrected chi connectivity index (χ4v) is 3.28. The molecule has 0 aromatic heterocycles. The Hall–Kier alpha value is -2.12. The largest absolute Gasteiger partial charge is 0.493 e. The molecule has 2 aliphatic rings. The van der Waals surface area contributed by atoms with E-state index in [1.807, 2.05) is 0 Å². The van der Waals surface area contributed by atoms with Gasteiger partial charge >= 0.3 is 6.03 Å². The first kappa shape index (κ1) is 17.7. The molecule has 1 aromatic rings. The van der Waals surface area contributed by atoms with E-state index >= 15 is 0 Å². The number of amides is 3. The van der Waals surface area contributed by atoms with Crippen molar-refractivity contribution in [1.82, 2.24) is 20.4 Å². The van der Waals surface area contributed by atoms with Crippen molar-refractivity contribution in [2.75, 3.05) is 46.4 Å². The number of carbonyl (C=O) groups is 2. The van der Waals surface area contributed by atoms with E-state index in [2.05, 4.69) is 38.6 Å². The Morgan fingerprint density at radius 3 is 2.68 bits per heavy atom. The first-order valence-electron chi connectivity index (χ1n) is 8.85. The SMILES string of the molecule is CNC(=O)NC(=O)CCN1CCN(Cc2ccc3c(c2)CCO3)CC1. The normalized spacial score (nSPS) is 17.6. The summed E-state index contributed by atoms with van der Waals surface area (Å²) in [4.78, 5) is 27.4. The third-order valence-corrected chi connectivity index (χ3v) is 4.76. The molecule has 136 valence electrons. The highest BCUT2D eigenvalue weighted by Crippen LogP contribution is 2.26. The molecule has 0 unspecified atom stereocenters. The van der Waals surface area contributed by atoms with Gasteiger partial charge in [-0.2, -0.15) is 0 Å². The van der Waals surface area contributed by atoms with Crippen LogP contribution in [0.2, 0.25) is 0 Å². The first-order chi connectivity index (χ1) is 12.1. The topological polar surface area (TPSA) is 73.9 Å². The van der Waals surface area contributed by atoms with Gasteiger partial charge in [0.15, 0.2) is 0 Å². The highest BCUT2D eigenvalue weighted by Gasteiger charge is 2.19. The Balaban J connectivity index is 1.38. The molecule has 25 heavy (non-hydrogen) atoms. The Morgan fingerprint density at radius 2 is 1.92 bits per heavy atom. The molecule has 2 aliphatic heterocycles. The summed E-state index contributed by atoms with van der Waals surface area (Å²) < 4.78 is 5.56. The summed E-state index contributed by atoms with van der Waals surface area (Å²) in [6.07, 6.45) is 1.35. The fourth-order valence-electron chi connectivity index (χ4n) is 3.28. The van der Waals surface area contributed by atoms with Gasteiger partial charge < -0.3 is 15.0 Å². The van der Waals surface area contributed by atoms with Crippen molar-refractivity contribution in [3.05, 3.63) is 29.3 Å². The van der Waals surface area contributed by atoms with Crippen LogP contribution < -0.4 is 15.4 Å². The predicted octanol–water partition coefficient (Wildman–Crippen LogP) is 0.585. The Morgan fingerprint density at radius 1 is 1.16 bits per heavy atom. The highest BCUT2D eigenvalue weighted by molar-refractivity contribution is 5.94. The van der Waals surface area contributed by atoms with Gasteiger partial charge in [-0.05, 0) is 17.2 Å². The van der Waals surface area contributed by atoms with E-state index in [9.17, 15) is 9.59 Å². The Bertz CT molecular complexity index is 627. The maximum Gasteiger partial charge on any atom is 0.321 e. The number of fused-ring (bicyclic) bond motifs is 1. The number of carbonyl (C=O) groups excluding carboxylic acids is 2. The lowest BCUT2D eigenvalue weighted by Gasteiger charge is -2.34. The quantitative estimate of drug-likeness (QED) is 0.816. The molecule has 2 heterocycles. The van der Waals surface area contributed by atoms with E-state index in [-0.39, 0.29) is 5.91 Å². The number of nitrogens with zero attached hydrogens (tertiary/aromatic N) is 2. The van der Waals surface area contributed by atoms with Crippen molar-refractivity contribution < 1.29 is 14.3 Å². The third kappa shape index (κ3) is 4.93. The summed E-state index contributed by atoms with van der Waals surface area (Å²) in [5.74, 6) is 0.797. The van der Waals surface area contributed by atoms with E-state index < -0.39 is 6.03 Å². The number of piperazine rings is 1. The third-order valence-electron chi connectivity index (χ3n) is 4.76. The molecule has 0 spiro atoms. The smallest absolute Gasteiger partial charge is 0.321 e. The van der Waals surface area contributed by atoms with Crippen LogP contribution in [0.3, 0.4) is 0 Å². The molecule has 1 fully saturated rings. The summed E-state index contributed by atoms with van der Waals surface area (Å²) in [6.45, 7) is 6.31. The monoisotopic (exact) mass is 346 g/mol. The molecule has 3 rings (SSSR count). The zero-order chi connectivity index (χ0) is 17.6. The Kier molecular flexibility index (Phi) is 5.88. The highest BCUT2D eigenvalue weighted by atomic mass is 16.5. The predicted molar refractivity (Wildman–Crippen MR) is 94.6 cm³/mol. The Labute approximate surface area is 148 Å². The minimum atomic E-state index is -0.449. The molecule has 0 radical (unpaired) electrons. The van der Waals surface area contributed by atoms with Crippen molar-refractivity contribution in [3.8, 4) is 5.75 Å². The number of benzene rings is 1. The molecule has 1 aromatic carbocycles. The molecule has 7 heteroatoms. The van der Waals surface area contributed by atoms with Gasteiger partial charge in [-0.3, -0.25) is 15.0 Å². The van der Waals surface area contributed by atoms with Crippen LogP contribution in [0.15, 0.2) is 18.2 Å². The zero-order valence-corrected chi connectivity index (χ0v) is 14.7. The van der Waals surface area contributed by atoms with Gasteiger partial charge in [0.1, 0.15) is 5.75 Å². The lowest BCUT2D eigenvalue weighted by Crippen LogP contribution is -2.47. The number of ether oxygens (including phenoxy) is 1. The fraction of sp³-hybridized carbons (Fsp3) is 0.556. The zero-order valence-electron chi connectivity index (χ0n) is 14.7. The van der Waals surface area contributed by atoms with Crippen LogP contribution in [0.4, 0.5) is 4.79 Å². The van der Waals surface area contributed by atoms with Crippen LogP contribution in [0.25, 0.3) is 0 Å². The maximum atomic E-state index is 11.6. The van der Waals surface area contributed by atoms with Crippen LogP contribution in [-0.4, -0.2) is 68.1 Å². The number of nitrogens with one attached hydrogen (secondary N) is 2. The van der Waals surface area contributed by atoms with Crippen LogP contribution >= 0.6 is 0 Å². The van der Waals surface area contributed by atoms with Crippen molar-refractivity contribution in [2.45, 2.75) is 19.4 Å². The second kappa shape index (κ2) is 8.31. The van der Waals surface area contributed by atoms with E-state index in [1.165, 1.54) is 18.2 Å². The average molecular weight is 346 g/mol. The lowest BCUT2D eigenvalue weighted by molar-refractivity contribution is -0.120. The van der Waals surface area contributed by atoms with E-state index in [0.29, 0.717) is 13.0 Å². The van der Waals surface area contributed by atoms with Crippen LogP contribution in [0.1, 0.15) is 17.5 Å². The number of urea groups is 1. The molecule has 7 nitrogen and oxygen atoms in total. The summed E-state index contributed by atoms with van der Waals surface area (Å²) in [5.41, 5.74) is 2.65. The van der Waals surface area contributed by atoms with E-state index in [4.69, 9.17) is 4.74 Å². The summed E-state index contributed by atoms with van der Waals surface area (Å²) >= 11 is 0. The van der Waals surface area contributed by atoms with Crippen LogP contribution in [0, 0.1) is 0 Å². The molecular formula is C18H26N4O3. The molecule has 2 N–H and O–H groups in total. The second-order valence-corrected chi connectivity index (χ2v) is 6.54. The molecule has 0 bridgehead atoms. The minimum absolute atomic E-state index is 0.234. The molecule has 3 amide bonds. The summed E-state index contributed by atoms with van der Waals surface area (Å²) in [5, 5.41) is 4.67. The standard InChI is InChI=1S/C18H26N4O3/c1-19-18(24)20-17(23)4-6-21-7-9-22(10-8-21)13-14-2-3-16-15(12-14)5-11-25-16/h2-3,12H,4-11,13H2,1H3,(H2,19,20,23,24). The molecule has 0 atom stereocenters. The van der Waals surface area contributed by atoms with Gasteiger partial charge in [-0.15, -0.1) is 0 Å². The summed E-state index contributed by atoms with van der Waals surface area (Å²) in [7, 11) is 1.50. The minimum Gasteiger partial charge on any atom is -0.493 e. The molecule has 1 saturated heterocycles. The van der Waals surface area contributed by atoms with Crippen LogP contribution in [0.5, 0.6) is 5.75 Å². The number of hydrogen-bond donors (Lipinski definition) is 2. The first-order valence-corrected chi connectivity index (χ1v) is 8.85.